The molecule has 4 rings (SSSR count). The van der Waals surface area contributed by atoms with E-state index in [0.717, 1.165) is 21.9 Å². The third-order valence-corrected chi connectivity index (χ3v) is 7.08. The van der Waals surface area contributed by atoms with E-state index in [4.69, 9.17) is 4.74 Å². The molecule has 0 fully saturated rings. The summed E-state index contributed by atoms with van der Waals surface area (Å²) in [5.74, 6) is 0.833. The number of thiazole rings is 1. The molecule has 0 saturated heterocycles. The van der Waals surface area contributed by atoms with Gasteiger partial charge in [0.05, 0.1) is 22.9 Å². The number of thioether (sulfide) groups is 1. The van der Waals surface area contributed by atoms with Crippen molar-refractivity contribution < 1.29 is 14.3 Å². The SMILES string of the molecule is CCOc1ccc(-c2csc(NC(=O)CSc3ccc(NC(=O)c4cccs4)cc3)n2)cc1. The van der Waals surface area contributed by atoms with Gasteiger partial charge in [0.15, 0.2) is 5.13 Å². The van der Waals surface area contributed by atoms with Gasteiger partial charge in [0.25, 0.3) is 5.91 Å². The van der Waals surface area contributed by atoms with Crippen molar-refractivity contribution in [2.24, 2.45) is 0 Å². The standard InChI is InChI=1S/C24H21N3O3S3/c1-2-30-18-9-5-16(6-10-18)20-14-33-24(26-20)27-22(28)15-32-19-11-7-17(8-12-19)25-23(29)21-4-3-13-31-21/h3-14H,2,15H2,1H3,(H,25,29)(H,26,27,28). The molecule has 2 aromatic carbocycles. The average Bonchev–Trinajstić information content (AvgIpc) is 3.52. The molecule has 0 saturated carbocycles. The highest BCUT2D eigenvalue weighted by Gasteiger charge is 2.10. The lowest BCUT2D eigenvalue weighted by Crippen LogP contribution is -2.13. The van der Waals surface area contributed by atoms with E-state index >= 15 is 0 Å². The Kier molecular flexibility index (Phi) is 7.77. The summed E-state index contributed by atoms with van der Waals surface area (Å²) in [5, 5.41) is 10.1. The van der Waals surface area contributed by atoms with E-state index in [1.165, 1.54) is 34.4 Å². The molecular weight excluding hydrogens is 474 g/mol. The third-order valence-electron chi connectivity index (χ3n) is 4.44. The predicted octanol–water partition coefficient (Wildman–Crippen LogP) is 6.25. The first-order chi connectivity index (χ1) is 16.1. The Morgan fingerprint density at radius 3 is 2.48 bits per heavy atom. The van der Waals surface area contributed by atoms with Gasteiger partial charge in [-0.25, -0.2) is 4.98 Å². The van der Waals surface area contributed by atoms with Crippen LogP contribution < -0.4 is 15.4 Å². The minimum Gasteiger partial charge on any atom is -0.494 e. The lowest BCUT2D eigenvalue weighted by Gasteiger charge is -2.06. The fraction of sp³-hybridized carbons (Fsp3) is 0.125. The van der Waals surface area contributed by atoms with Crippen molar-refractivity contribution in [3.05, 3.63) is 76.3 Å². The van der Waals surface area contributed by atoms with Crippen molar-refractivity contribution in [1.29, 1.82) is 0 Å². The van der Waals surface area contributed by atoms with Crippen molar-refractivity contribution in [3.63, 3.8) is 0 Å². The molecule has 0 aliphatic rings. The Balaban J connectivity index is 1.26. The topological polar surface area (TPSA) is 80.3 Å². The molecule has 0 radical (unpaired) electrons. The molecule has 0 aliphatic carbocycles. The van der Waals surface area contributed by atoms with E-state index in [1.807, 2.05) is 72.3 Å². The van der Waals surface area contributed by atoms with Gasteiger partial charge in [0.2, 0.25) is 5.91 Å². The lowest BCUT2D eigenvalue weighted by atomic mass is 10.2. The number of thiophene rings is 1. The fourth-order valence-corrected chi connectivity index (χ4v) is 4.94. The summed E-state index contributed by atoms with van der Waals surface area (Å²) in [6.45, 7) is 2.57. The molecule has 0 atom stereocenters. The van der Waals surface area contributed by atoms with Crippen LogP contribution in [0, 0.1) is 0 Å². The van der Waals surface area contributed by atoms with Crippen LogP contribution in [0.2, 0.25) is 0 Å². The zero-order valence-corrected chi connectivity index (χ0v) is 20.2. The maximum absolute atomic E-state index is 12.4. The molecule has 2 amide bonds. The maximum atomic E-state index is 12.4. The normalized spacial score (nSPS) is 10.6. The van der Waals surface area contributed by atoms with Gasteiger partial charge in [0, 0.05) is 21.5 Å². The average molecular weight is 496 g/mol. The Labute approximate surface area is 204 Å². The minimum absolute atomic E-state index is 0.123. The summed E-state index contributed by atoms with van der Waals surface area (Å²) in [7, 11) is 0. The molecule has 6 nitrogen and oxygen atoms in total. The maximum Gasteiger partial charge on any atom is 0.265 e. The monoisotopic (exact) mass is 495 g/mol. The number of hydrogen-bond donors (Lipinski definition) is 2. The Morgan fingerprint density at radius 2 is 1.79 bits per heavy atom. The molecule has 0 spiro atoms. The summed E-state index contributed by atoms with van der Waals surface area (Å²) in [4.78, 5) is 30.6. The zero-order chi connectivity index (χ0) is 23.0. The van der Waals surface area contributed by atoms with Crippen molar-refractivity contribution in [2.75, 3.05) is 23.0 Å². The van der Waals surface area contributed by atoms with Gasteiger partial charge < -0.3 is 15.4 Å². The van der Waals surface area contributed by atoms with Gasteiger partial charge >= 0.3 is 0 Å². The summed E-state index contributed by atoms with van der Waals surface area (Å²) in [6.07, 6.45) is 0. The predicted molar refractivity (Wildman–Crippen MR) is 137 cm³/mol. The van der Waals surface area contributed by atoms with Crippen molar-refractivity contribution in [3.8, 4) is 17.0 Å². The smallest absolute Gasteiger partial charge is 0.265 e. The molecule has 2 heterocycles. The van der Waals surface area contributed by atoms with E-state index in [0.29, 0.717) is 22.3 Å². The molecule has 33 heavy (non-hydrogen) atoms. The molecule has 0 unspecified atom stereocenters. The molecule has 168 valence electrons. The van der Waals surface area contributed by atoms with Gasteiger partial charge in [-0.2, -0.15) is 0 Å². The first kappa shape index (κ1) is 23.0. The molecule has 2 N–H and O–H groups in total. The first-order valence-electron chi connectivity index (χ1n) is 10.2. The summed E-state index contributed by atoms with van der Waals surface area (Å²) in [6, 6.07) is 18.8. The number of amides is 2. The zero-order valence-electron chi connectivity index (χ0n) is 17.7. The highest BCUT2D eigenvalue weighted by atomic mass is 32.2. The van der Waals surface area contributed by atoms with Crippen LogP contribution in [0.1, 0.15) is 16.6 Å². The van der Waals surface area contributed by atoms with Crippen LogP contribution in [0.4, 0.5) is 10.8 Å². The second-order valence-electron chi connectivity index (χ2n) is 6.79. The molecule has 2 aromatic heterocycles. The highest BCUT2D eigenvalue weighted by molar-refractivity contribution is 8.00. The van der Waals surface area contributed by atoms with Crippen LogP contribution in [0.15, 0.2) is 76.3 Å². The minimum atomic E-state index is -0.127. The number of carbonyl (C=O) groups excluding carboxylic acids is 2. The number of rotatable bonds is 9. The number of carbonyl (C=O) groups is 2. The number of nitrogens with one attached hydrogen (secondary N) is 2. The number of hydrogen-bond acceptors (Lipinski definition) is 7. The lowest BCUT2D eigenvalue weighted by molar-refractivity contribution is -0.113. The van der Waals surface area contributed by atoms with Crippen molar-refractivity contribution in [1.82, 2.24) is 4.98 Å². The molecule has 9 heteroatoms. The summed E-state index contributed by atoms with van der Waals surface area (Å²) >= 11 is 4.21. The van der Waals surface area contributed by atoms with Crippen molar-refractivity contribution in [2.45, 2.75) is 11.8 Å². The Morgan fingerprint density at radius 1 is 1.00 bits per heavy atom. The van der Waals surface area contributed by atoms with Crippen LogP contribution >= 0.6 is 34.4 Å². The van der Waals surface area contributed by atoms with Crippen LogP contribution in [-0.2, 0) is 4.79 Å². The molecule has 0 aliphatic heterocycles. The number of anilines is 2. The second kappa shape index (κ2) is 11.1. The van der Waals surface area contributed by atoms with E-state index in [-0.39, 0.29) is 17.6 Å². The van der Waals surface area contributed by atoms with E-state index in [9.17, 15) is 9.59 Å². The number of ether oxygens (including phenoxy) is 1. The van der Waals surface area contributed by atoms with Gasteiger partial charge in [-0.05, 0) is 66.9 Å². The number of aromatic nitrogens is 1. The van der Waals surface area contributed by atoms with Gasteiger partial charge in [-0.3, -0.25) is 9.59 Å². The van der Waals surface area contributed by atoms with Crippen LogP contribution in [-0.4, -0.2) is 29.2 Å². The highest BCUT2D eigenvalue weighted by Crippen LogP contribution is 2.27. The molecule has 4 aromatic rings. The number of nitrogens with zero attached hydrogens (tertiary/aromatic N) is 1. The van der Waals surface area contributed by atoms with E-state index < -0.39 is 0 Å². The van der Waals surface area contributed by atoms with Gasteiger partial charge in [-0.15, -0.1) is 34.4 Å². The second-order valence-corrected chi connectivity index (χ2v) is 9.64. The van der Waals surface area contributed by atoms with E-state index in [2.05, 4.69) is 15.6 Å². The van der Waals surface area contributed by atoms with Crippen LogP contribution in [0.3, 0.4) is 0 Å². The quantitative estimate of drug-likeness (QED) is 0.268. The fourth-order valence-electron chi connectivity index (χ4n) is 2.89. The van der Waals surface area contributed by atoms with Crippen LogP contribution in [0.25, 0.3) is 11.3 Å². The largest absolute Gasteiger partial charge is 0.494 e. The molecule has 0 bridgehead atoms. The van der Waals surface area contributed by atoms with Crippen LogP contribution in [0.5, 0.6) is 5.75 Å². The molecular formula is C24H21N3O3S3. The van der Waals surface area contributed by atoms with Gasteiger partial charge in [-0.1, -0.05) is 6.07 Å². The van der Waals surface area contributed by atoms with Crippen molar-refractivity contribution >= 4 is 57.1 Å². The van der Waals surface area contributed by atoms with Gasteiger partial charge in [0.1, 0.15) is 5.75 Å². The summed E-state index contributed by atoms with van der Waals surface area (Å²) < 4.78 is 5.46. The van der Waals surface area contributed by atoms with E-state index in [1.54, 1.807) is 6.07 Å². The summed E-state index contributed by atoms with van der Waals surface area (Å²) in [5.41, 5.74) is 2.49. The first-order valence-corrected chi connectivity index (χ1v) is 12.9. The number of benzene rings is 2. The third kappa shape index (κ3) is 6.44. The Bertz CT molecular complexity index is 1200. The Hall–Kier alpha value is -3.14.